The Kier molecular flexibility index (Phi) is 4.77. The molecule has 0 aliphatic carbocycles. The summed E-state index contributed by atoms with van der Waals surface area (Å²) in [4.78, 5) is 8.49. The minimum atomic E-state index is -0.415. The van der Waals surface area contributed by atoms with Gasteiger partial charge in [-0.2, -0.15) is 0 Å². The fourth-order valence-electron chi connectivity index (χ4n) is 1.71. The van der Waals surface area contributed by atoms with E-state index in [1.807, 2.05) is 6.92 Å². The Bertz CT molecular complexity index is 613. The van der Waals surface area contributed by atoms with Crippen molar-refractivity contribution in [1.29, 1.82) is 0 Å². The normalized spacial score (nSPS) is 10.6. The molecule has 0 amide bonds. The Hall–Kier alpha value is -1.40. The van der Waals surface area contributed by atoms with E-state index in [4.69, 9.17) is 17.3 Å². The summed E-state index contributed by atoms with van der Waals surface area (Å²) in [5, 5.41) is 3.29. The summed E-state index contributed by atoms with van der Waals surface area (Å²) >= 11 is 9.28. The van der Waals surface area contributed by atoms with Crippen LogP contribution in [0.25, 0.3) is 0 Å². The van der Waals surface area contributed by atoms with Gasteiger partial charge in [0.05, 0.1) is 10.7 Å². The first-order chi connectivity index (χ1) is 9.49. The predicted molar refractivity (Wildman–Crippen MR) is 82.8 cm³/mol. The highest BCUT2D eigenvalue weighted by atomic mass is 79.9. The molecule has 1 aromatic heterocycles. The Morgan fingerprint density at radius 2 is 2.10 bits per heavy atom. The van der Waals surface area contributed by atoms with E-state index in [1.54, 1.807) is 6.07 Å². The number of aryl methyl sites for hydroxylation is 1. The molecule has 3 N–H and O–H groups in total. The van der Waals surface area contributed by atoms with Gasteiger partial charge in [0.25, 0.3) is 0 Å². The van der Waals surface area contributed by atoms with Crippen LogP contribution in [0.15, 0.2) is 22.7 Å². The zero-order valence-corrected chi connectivity index (χ0v) is 13.1. The number of rotatable bonds is 4. The zero-order valence-electron chi connectivity index (χ0n) is 10.8. The third-order valence-corrected chi connectivity index (χ3v) is 3.45. The van der Waals surface area contributed by atoms with Gasteiger partial charge in [0.2, 0.25) is 0 Å². The molecule has 0 fully saturated rings. The van der Waals surface area contributed by atoms with E-state index in [0.717, 1.165) is 12.8 Å². The van der Waals surface area contributed by atoms with E-state index in [0.29, 0.717) is 27.6 Å². The number of nitrogens with one attached hydrogen (secondary N) is 1. The average Bonchev–Trinajstić information content (AvgIpc) is 2.33. The van der Waals surface area contributed by atoms with Crippen molar-refractivity contribution < 1.29 is 4.39 Å². The van der Waals surface area contributed by atoms with E-state index in [9.17, 15) is 4.39 Å². The SMILES string of the molecule is CCCc1nc(N)cc(Nc2c(Cl)cc(F)cc2Br)n1. The second-order valence-electron chi connectivity index (χ2n) is 4.21. The highest BCUT2D eigenvalue weighted by molar-refractivity contribution is 9.10. The van der Waals surface area contributed by atoms with Crippen molar-refractivity contribution >= 4 is 44.9 Å². The lowest BCUT2D eigenvalue weighted by atomic mass is 10.3. The first-order valence-corrected chi connectivity index (χ1v) is 7.21. The third-order valence-electron chi connectivity index (χ3n) is 2.53. The maximum atomic E-state index is 13.2. The lowest BCUT2D eigenvalue weighted by molar-refractivity contribution is 0.627. The molecule has 0 bridgehead atoms. The molecule has 0 aliphatic rings. The zero-order chi connectivity index (χ0) is 14.7. The second-order valence-corrected chi connectivity index (χ2v) is 5.48. The molecule has 0 saturated heterocycles. The van der Waals surface area contributed by atoms with Crippen LogP contribution < -0.4 is 11.1 Å². The van der Waals surface area contributed by atoms with E-state index >= 15 is 0 Å². The molecule has 2 aromatic rings. The third kappa shape index (κ3) is 3.58. The molecule has 2 rings (SSSR count). The van der Waals surface area contributed by atoms with Crippen molar-refractivity contribution in [2.24, 2.45) is 0 Å². The van der Waals surface area contributed by atoms with Gasteiger partial charge in [-0.25, -0.2) is 14.4 Å². The monoisotopic (exact) mass is 358 g/mol. The summed E-state index contributed by atoms with van der Waals surface area (Å²) < 4.78 is 13.7. The summed E-state index contributed by atoms with van der Waals surface area (Å²) in [7, 11) is 0. The van der Waals surface area contributed by atoms with Crippen molar-refractivity contribution in [2.75, 3.05) is 11.1 Å². The molecule has 1 heterocycles. The van der Waals surface area contributed by atoms with Gasteiger partial charge in [0.15, 0.2) is 0 Å². The smallest absolute Gasteiger partial charge is 0.136 e. The largest absolute Gasteiger partial charge is 0.384 e. The minimum Gasteiger partial charge on any atom is -0.384 e. The van der Waals surface area contributed by atoms with Gasteiger partial charge < -0.3 is 11.1 Å². The lowest BCUT2D eigenvalue weighted by Gasteiger charge is -2.11. The topological polar surface area (TPSA) is 63.8 Å². The molecule has 0 radical (unpaired) electrons. The van der Waals surface area contributed by atoms with E-state index in [-0.39, 0.29) is 5.02 Å². The number of nitrogens with two attached hydrogens (primary N) is 1. The van der Waals surface area contributed by atoms with Crippen molar-refractivity contribution in [1.82, 2.24) is 9.97 Å². The van der Waals surface area contributed by atoms with Gasteiger partial charge in [-0.3, -0.25) is 0 Å². The van der Waals surface area contributed by atoms with Crippen molar-refractivity contribution in [3.8, 4) is 0 Å². The number of hydrogen-bond donors (Lipinski definition) is 2. The highest BCUT2D eigenvalue weighted by Gasteiger charge is 2.10. The predicted octanol–water partition coefficient (Wildman–Crippen LogP) is 4.31. The Morgan fingerprint density at radius 1 is 1.35 bits per heavy atom. The van der Waals surface area contributed by atoms with Crippen LogP contribution in [0, 0.1) is 5.82 Å². The number of anilines is 3. The quantitative estimate of drug-likeness (QED) is 0.854. The van der Waals surface area contributed by atoms with Crippen LogP contribution in [-0.4, -0.2) is 9.97 Å². The summed E-state index contributed by atoms with van der Waals surface area (Å²) in [5.74, 6) is 1.14. The first kappa shape index (κ1) is 15.0. The fourth-order valence-corrected chi connectivity index (χ4v) is 2.61. The first-order valence-electron chi connectivity index (χ1n) is 6.04. The molecule has 1 aromatic carbocycles. The van der Waals surface area contributed by atoms with Gasteiger partial charge >= 0.3 is 0 Å². The fraction of sp³-hybridized carbons (Fsp3) is 0.231. The van der Waals surface area contributed by atoms with Crippen molar-refractivity contribution in [3.63, 3.8) is 0 Å². The molecule has 0 aliphatic heterocycles. The van der Waals surface area contributed by atoms with E-state index in [1.165, 1.54) is 12.1 Å². The number of hydrogen-bond acceptors (Lipinski definition) is 4. The Morgan fingerprint density at radius 3 is 2.75 bits per heavy atom. The number of aromatic nitrogens is 2. The highest BCUT2D eigenvalue weighted by Crippen LogP contribution is 2.33. The Labute approximate surface area is 129 Å². The van der Waals surface area contributed by atoms with Crippen LogP contribution in [0.1, 0.15) is 19.2 Å². The molecule has 0 saturated carbocycles. The second kappa shape index (κ2) is 6.37. The molecule has 0 atom stereocenters. The van der Waals surface area contributed by atoms with Gasteiger partial charge in [-0.05, 0) is 34.5 Å². The molecule has 0 spiro atoms. The molecule has 4 nitrogen and oxygen atoms in total. The minimum absolute atomic E-state index is 0.256. The van der Waals surface area contributed by atoms with Crippen molar-refractivity contribution in [2.45, 2.75) is 19.8 Å². The molecule has 106 valence electrons. The van der Waals surface area contributed by atoms with Gasteiger partial charge in [0, 0.05) is 17.0 Å². The maximum Gasteiger partial charge on any atom is 0.136 e. The Balaban J connectivity index is 2.35. The number of nitrogen functional groups attached to an aromatic ring is 1. The van der Waals surface area contributed by atoms with Crippen molar-refractivity contribution in [3.05, 3.63) is 39.3 Å². The average molecular weight is 360 g/mol. The molecular formula is C13H13BrClFN4. The number of halogens is 3. The summed E-state index contributed by atoms with van der Waals surface area (Å²) in [6.07, 6.45) is 1.65. The summed E-state index contributed by atoms with van der Waals surface area (Å²) in [6.45, 7) is 2.03. The molecular weight excluding hydrogens is 347 g/mol. The van der Waals surface area contributed by atoms with E-state index in [2.05, 4.69) is 31.2 Å². The number of nitrogens with zero attached hydrogens (tertiary/aromatic N) is 2. The van der Waals surface area contributed by atoms with Crippen LogP contribution in [-0.2, 0) is 6.42 Å². The molecule has 0 unspecified atom stereocenters. The standard InChI is InChI=1S/C13H13BrClFN4/c1-2-3-11-18-10(17)6-12(19-11)20-13-8(14)4-7(16)5-9(13)15/h4-6H,2-3H2,1H3,(H3,17,18,19,20). The number of benzene rings is 1. The summed E-state index contributed by atoms with van der Waals surface area (Å²) in [6, 6.07) is 4.16. The van der Waals surface area contributed by atoms with Gasteiger partial charge in [-0.1, -0.05) is 18.5 Å². The van der Waals surface area contributed by atoms with Crippen LogP contribution in [0.3, 0.4) is 0 Å². The van der Waals surface area contributed by atoms with Crippen LogP contribution >= 0.6 is 27.5 Å². The maximum absolute atomic E-state index is 13.2. The van der Waals surface area contributed by atoms with Gasteiger partial charge in [0.1, 0.15) is 23.3 Å². The van der Waals surface area contributed by atoms with E-state index < -0.39 is 5.82 Å². The molecule has 7 heteroatoms. The van der Waals surface area contributed by atoms with Crippen LogP contribution in [0.2, 0.25) is 5.02 Å². The van der Waals surface area contributed by atoms with Gasteiger partial charge in [-0.15, -0.1) is 0 Å². The van der Waals surface area contributed by atoms with Crippen LogP contribution in [0.4, 0.5) is 21.7 Å². The molecule has 20 heavy (non-hydrogen) atoms. The van der Waals surface area contributed by atoms with Crippen LogP contribution in [0.5, 0.6) is 0 Å². The lowest BCUT2D eigenvalue weighted by Crippen LogP contribution is -2.04. The summed E-state index contributed by atoms with van der Waals surface area (Å²) in [5.41, 5.74) is 6.28.